The molecule has 2 aromatic carbocycles. The molecule has 172 valence electrons. The third-order valence-corrected chi connectivity index (χ3v) is 7.00. The number of nitrogens with zero attached hydrogens (tertiary/aromatic N) is 5. The second-order valence-corrected chi connectivity index (χ2v) is 9.25. The third-order valence-electron chi connectivity index (χ3n) is 5.90. The van der Waals surface area contributed by atoms with Crippen molar-refractivity contribution < 1.29 is 9.90 Å². The summed E-state index contributed by atoms with van der Waals surface area (Å²) in [5.74, 6) is -0.400. The predicted molar refractivity (Wildman–Crippen MR) is 136 cm³/mol. The molecule has 1 amide bonds. The van der Waals surface area contributed by atoms with E-state index in [1.165, 1.54) is 11.3 Å². The Morgan fingerprint density at radius 2 is 1.82 bits per heavy atom. The molecule has 3 aromatic heterocycles. The lowest BCUT2D eigenvalue weighted by molar-refractivity contribution is 0.0999. The first-order valence-electron chi connectivity index (χ1n) is 11.4. The highest BCUT2D eigenvalue weighted by atomic mass is 32.1. The van der Waals surface area contributed by atoms with Crippen molar-refractivity contribution in [3.8, 4) is 11.6 Å². The molecular formula is C26H25N5O2S. The molecule has 3 heterocycles. The lowest BCUT2D eigenvalue weighted by atomic mass is 10.2. The minimum Gasteiger partial charge on any atom is -0.493 e. The summed E-state index contributed by atoms with van der Waals surface area (Å²) in [6, 6.07) is 19.3. The van der Waals surface area contributed by atoms with Crippen LogP contribution < -0.4 is 0 Å². The SMILES string of the molecule is CCCCCn1c(O)c(N=NC(=O)c2cc3c(C)nn(-c4ccccc4)c3s2)c2ccccc21. The van der Waals surface area contributed by atoms with Crippen molar-refractivity contribution in [1.82, 2.24) is 14.3 Å². The number of fused-ring (bicyclic) bond motifs is 2. The van der Waals surface area contributed by atoms with Crippen LogP contribution in [0.15, 0.2) is 70.9 Å². The molecular weight excluding hydrogens is 446 g/mol. The largest absolute Gasteiger partial charge is 0.493 e. The van der Waals surface area contributed by atoms with Crippen LogP contribution in [0.1, 0.15) is 41.6 Å². The Labute approximate surface area is 201 Å². The summed E-state index contributed by atoms with van der Waals surface area (Å²) in [5, 5.41) is 25.4. The van der Waals surface area contributed by atoms with E-state index in [0.717, 1.165) is 51.8 Å². The molecule has 34 heavy (non-hydrogen) atoms. The van der Waals surface area contributed by atoms with E-state index in [2.05, 4.69) is 22.3 Å². The van der Waals surface area contributed by atoms with Gasteiger partial charge in [-0.2, -0.15) is 5.10 Å². The Hall–Kier alpha value is -3.78. The number of aromatic nitrogens is 3. The van der Waals surface area contributed by atoms with Gasteiger partial charge in [0, 0.05) is 17.3 Å². The molecule has 0 unspecified atom stereocenters. The number of amides is 1. The first-order valence-corrected chi connectivity index (χ1v) is 12.2. The average Bonchev–Trinajstić information content (AvgIpc) is 3.51. The summed E-state index contributed by atoms with van der Waals surface area (Å²) in [5.41, 5.74) is 2.99. The van der Waals surface area contributed by atoms with Gasteiger partial charge in [-0.05, 0) is 37.6 Å². The van der Waals surface area contributed by atoms with Crippen LogP contribution in [-0.2, 0) is 6.54 Å². The maximum Gasteiger partial charge on any atom is 0.305 e. The van der Waals surface area contributed by atoms with E-state index in [0.29, 0.717) is 17.1 Å². The van der Waals surface area contributed by atoms with E-state index >= 15 is 0 Å². The summed E-state index contributed by atoms with van der Waals surface area (Å²) in [4.78, 5) is 14.3. The molecule has 0 spiro atoms. The van der Waals surface area contributed by atoms with Gasteiger partial charge in [0.05, 0.1) is 21.8 Å². The molecule has 0 aliphatic carbocycles. The number of rotatable bonds is 7. The highest BCUT2D eigenvalue weighted by Crippen LogP contribution is 2.39. The summed E-state index contributed by atoms with van der Waals surface area (Å²) >= 11 is 1.34. The lowest BCUT2D eigenvalue weighted by Gasteiger charge is -2.05. The topological polar surface area (TPSA) is 84.8 Å². The number of aryl methyl sites for hydroxylation is 2. The van der Waals surface area contributed by atoms with Gasteiger partial charge in [-0.1, -0.05) is 56.2 Å². The van der Waals surface area contributed by atoms with E-state index in [1.807, 2.05) is 76.8 Å². The van der Waals surface area contributed by atoms with Crippen molar-refractivity contribution in [2.24, 2.45) is 10.2 Å². The van der Waals surface area contributed by atoms with Crippen LogP contribution >= 0.6 is 11.3 Å². The van der Waals surface area contributed by atoms with Crippen LogP contribution in [-0.4, -0.2) is 25.4 Å². The van der Waals surface area contributed by atoms with Gasteiger partial charge in [-0.15, -0.1) is 21.6 Å². The molecule has 0 aliphatic rings. The number of unbranched alkanes of at least 4 members (excludes halogenated alkanes) is 2. The first-order chi connectivity index (χ1) is 16.6. The van der Waals surface area contributed by atoms with Crippen LogP contribution in [0, 0.1) is 6.92 Å². The number of hydrogen-bond donors (Lipinski definition) is 1. The molecule has 1 N–H and O–H groups in total. The summed E-state index contributed by atoms with van der Waals surface area (Å²) in [7, 11) is 0. The summed E-state index contributed by atoms with van der Waals surface area (Å²) < 4.78 is 3.69. The van der Waals surface area contributed by atoms with Crippen molar-refractivity contribution >= 4 is 44.1 Å². The second-order valence-electron chi connectivity index (χ2n) is 8.22. The number of carbonyl (C=O) groups excluding carboxylic acids is 1. The molecule has 0 saturated carbocycles. The highest BCUT2D eigenvalue weighted by Gasteiger charge is 2.19. The number of benzene rings is 2. The van der Waals surface area contributed by atoms with Crippen LogP contribution in [0.4, 0.5) is 5.69 Å². The van der Waals surface area contributed by atoms with Gasteiger partial charge in [0.1, 0.15) is 4.83 Å². The molecule has 5 aromatic rings. The van der Waals surface area contributed by atoms with Gasteiger partial charge in [0.15, 0.2) is 5.69 Å². The van der Waals surface area contributed by atoms with Crippen molar-refractivity contribution in [3.63, 3.8) is 0 Å². The van der Waals surface area contributed by atoms with Gasteiger partial charge in [-0.3, -0.25) is 4.79 Å². The van der Waals surface area contributed by atoms with Crippen molar-refractivity contribution in [2.75, 3.05) is 0 Å². The fourth-order valence-electron chi connectivity index (χ4n) is 4.16. The average molecular weight is 472 g/mol. The number of para-hydroxylation sites is 2. The monoisotopic (exact) mass is 471 g/mol. The van der Waals surface area contributed by atoms with Crippen molar-refractivity contribution in [2.45, 2.75) is 39.7 Å². The van der Waals surface area contributed by atoms with Crippen LogP contribution in [0.5, 0.6) is 5.88 Å². The Balaban J connectivity index is 1.48. The summed E-state index contributed by atoms with van der Waals surface area (Å²) in [6.07, 6.45) is 3.13. The zero-order valence-electron chi connectivity index (χ0n) is 19.1. The van der Waals surface area contributed by atoms with Crippen molar-refractivity contribution in [3.05, 3.63) is 71.2 Å². The fourth-order valence-corrected chi connectivity index (χ4v) is 5.22. The normalized spacial score (nSPS) is 11.8. The van der Waals surface area contributed by atoms with Gasteiger partial charge in [0.2, 0.25) is 5.88 Å². The minimum atomic E-state index is -0.442. The smallest absolute Gasteiger partial charge is 0.305 e. The third kappa shape index (κ3) is 3.90. The molecule has 0 radical (unpaired) electrons. The van der Waals surface area contributed by atoms with E-state index in [1.54, 1.807) is 0 Å². The van der Waals surface area contributed by atoms with Crippen LogP contribution in [0.2, 0.25) is 0 Å². The standard InChI is InChI=1S/C26H25N5O2S/c1-3-4-10-15-30-21-14-9-8-13-19(21)23(25(30)33)27-28-24(32)22-16-20-17(2)29-31(26(20)34-22)18-11-6-5-7-12-18/h5-9,11-14,16,33H,3-4,10,15H2,1-2H3. The van der Waals surface area contributed by atoms with Gasteiger partial charge >= 0.3 is 5.91 Å². The molecule has 0 atom stereocenters. The van der Waals surface area contributed by atoms with Gasteiger partial charge in [-0.25, -0.2) is 4.68 Å². The van der Waals surface area contributed by atoms with Gasteiger partial charge < -0.3 is 9.67 Å². The van der Waals surface area contributed by atoms with E-state index in [9.17, 15) is 9.90 Å². The molecule has 8 heteroatoms. The Kier molecular flexibility index (Phi) is 5.98. The molecule has 0 saturated heterocycles. The van der Waals surface area contributed by atoms with Crippen molar-refractivity contribution in [1.29, 1.82) is 0 Å². The number of carbonyl (C=O) groups is 1. The summed E-state index contributed by atoms with van der Waals surface area (Å²) in [6.45, 7) is 4.76. The van der Waals surface area contributed by atoms with E-state index in [4.69, 9.17) is 0 Å². The second kappa shape index (κ2) is 9.23. The Bertz CT molecular complexity index is 1510. The van der Waals surface area contributed by atoms with Crippen LogP contribution in [0.3, 0.4) is 0 Å². The maximum absolute atomic E-state index is 12.9. The van der Waals surface area contributed by atoms with Gasteiger partial charge in [0.25, 0.3) is 0 Å². The highest BCUT2D eigenvalue weighted by molar-refractivity contribution is 7.20. The number of azo groups is 1. The van der Waals surface area contributed by atoms with E-state index in [-0.39, 0.29) is 5.88 Å². The lowest BCUT2D eigenvalue weighted by Crippen LogP contribution is -1.96. The quantitative estimate of drug-likeness (QED) is 0.202. The zero-order chi connectivity index (χ0) is 23.7. The number of thiophene rings is 1. The number of aromatic hydroxyl groups is 1. The van der Waals surface area contributed by atoms with Crippen LogP contribution in [0.25, 0.3) is 26.8 Å². The minimum absolute atomic E-state index is 0.0424. The fraction of sp³-hybridized carbons (Fsp3) is 0.231. The first kappa shape index (κ1) is 22.0. The zero-order valence-corrected chi connectivity index (χ0v) is 19.9. The maximum atomic E-state index is 12.9. The molecule has 0 bridgehead atoms. The predicted octanol–water partition coefficient (Wildman–Crippen LogP) is 7.17. The molecule has 5 rings (SSSR count). The Morgan fingerprint density at radius 3 is 2.62 bits per heavy atom. The Morgan fingerprint density at radius 1 is 1.06 bits per heavy atom. The molecule has 7 nitrogen and oxygen atoms in total. The molecule has 0 aliphatic heterocycles. The molecule has 0 fully saturated rings. The van der Waals surface area contributed by atoms with E-state index < -0.39 is 5.91 Å². The number of hydrogen-bond acceptors (Lipinski definition) is 5.